The molecule has 5 heteroatoms. The molecule has 4 nitrogen and oxygen atoms in total. The third-order valence-corrected chi connectivity index (χ3v) is 4.03. The summed E-state index contributed by atoms with van der Waals surface area (Å²) in [5.41, 5.74) is 7.90. The quantitative estimate of drug-likeness (QED) is 0.892. The minimum atomic E-state index is -2.89. The molecule has 0 aliphatic heterocycles. The molecule has 0 saturated heterocycles. The van der Waals surface area contributed by atoms with Gasteiger partial charge in [-0.25, -0.2) is 8.42 Å². The summed E-state index contributed by atoms with van der Waals surface area (Å²) in [6.07, 6.45) is 1.88. The molecule has 0 aliphatic carbocycles. The average molecular weight is 266 g/mol. The fourth-order valence-electron chi connectivity index (χ4n) is 2.19. The number of aromatic nitrogens is 1. The molecule has 1 heterocycles. The Balaban J connectivity index is 2.25. The number of sulfone groups is 1. The SMILES string of the molecule is CS(=O)(=O)CCCn1c(CN)cc2ccccc21. The zero-order chi connectivity index (χ0) is 13.2. The van der Waals surface area contributed by atoms with Crippen LogP contribution in [0, 0.1) is 0 Å². The van der Waals surface area contributed by atoms with Crippen LogP contribution in [-0.2, 0) is 22.9 Å². The van der Waals surface area contributed by atoms with Crippen molar-refractivity contribution in [2.75, 3.05) is 12.0 Å². The lowest BCUT2D eigenvalue weighted by molar-refractivity contribution is 0.591. The van der Waals surface area contributed by atoms with Crippen LogP contribution in [0.15, 0.2) is 30.3 Å². The van der Waals surface area contributed by atoms with Crippen molar-refractivity contribution in [1.29, 1.82) is 0 Å². The fraction of sp³-hybridized carbons (Fsp3) is 0.385. The van der Waals surface area contributed by atoms with E-state index in [-0.39, 0.29) is 5.75 Å². The van der Waals surface area contributed by atoms with Crippen LogP contribution in [0.5, 0.6) is 0 Å². The van der Waals surface area contributed by atoms with Gasteiger partial charge in [0.2, 0.25) is 0 Å². The van der Waals surface area contributed by atoms with Crippen LogP contribution in [-0.4, -0.2) is 25.0 Å². The molecular formula is C13H18N2O2S. The van der Waals surface area contributed by atoms with Gasteiger partial charge in [0.15, 0.2) is 0 Å². The lowest BCUT2D eigenvalue weighted by Gasteiger charge is -2.09. The number of hydrogen-bond donors (Lipinski definition) is 1. The number of rotatable bonds is 5. The number of nitrogens with two attached hydrogens (primary N) is 1. The molecule has 2 aromatic rings. The lowest BCUT2D eigenvalue weighted by Crippen LogP contribution is -2.11. The normalized spacial score (nSPS) is 12.1. The van der Waals surface area contributed by atoms with Crippen molar-refractivity contribution >= 4 is 20.7 Å². The van der Waals surface area contributed by atoms with Crippen molar-refractivity contribution in [3.63, 3.8) is 0 Å². The second-order valence-electron chi connectivity index (χ2n) is 4.53. The van der Waals surface area contributed by atoms with Crippen molar-refractivity contribution in [3.8, 4) is 0 Å². The number of nitrogens with zero attached hydrogens (tertiary/aromatic N) is 1. The van der Waals surface area contributed by atoms with E-state index >= 15 is 0 Å². The molecular weight excluding hydrogens is 248 g/mol. The van der Waals surface area contributed by atoms with Gasteiger partial charge in [0, 0.05) is 30.6 Å². The summed E-state index contributed by atoms with van der Waals surface area (Å²) in [6.45, 7) is 1.15. The first-order valence-electron chi connectivity index (χ1n) is 5.96. The Morgan fingerprint density at radius 2 is 2.00 bits per heavy atom. The Bertz CT molecular complexity index is 644. The monoisotopic (exact) mass is 266 g/mol. The van der Waals surface area contributed by atoms with Gasteiger partial charge in [-0.05, 0) is 23.9 Å². The van der Waals surface area contributed by atoms with E-state index in [1.54, 1.807) is 0 Å². The molecule has 0 bridgehead atoms. The van der Waals surface area contributed by atoms with Crippen molar-refractivity contribution in [2.45, 2.75) is 19.5 Å². The Kier molecular flexibility index (Phi) is 3.73. The van der Waals surface area contributed by atoms with Crippen LogP contribution < -0.4 is 5.73 Å². The van der Waals surface area contributed by atoms with E-state index < -0.39 is 9.84 Å². The molecule has 0 fully saturated rings. The van der Waals surface area contributed by atoms with Gasteiger partial charge in [0.1, 0.15) is 9.84 Å². The number of aryl methyl sites for hydroxylation is 1. The minimum absolute atomic E-state index is 0.212. The molecule has 1 aromatic carbocycles. The summed E-state index contributed by atoms with van der Waals surface area (Å²) in [5.74, 6) is 0.212. The summed E-state index contributed by atoms with van der Waals surface area (Å²) < 4.78 is 24.4. The maximum absolute atomic E-state index is 11.1. The van der Waals surface area contributed by atoms with Crippen LogP contribution in [0.1, 0.15) is 12.1 Å². The predicted octanol–water partition coefficient (Wildman–Crippen LogP) is 1.53. The van der Waals surface area contributed by atoms with E-state index in [1.807, 2.05) is 24.3 Å². The first-order valence-corrected chi connectivity index (χ1v) is 8.02. The molecule has 18 heavy (non-hydrogen) atoms. The van der Waals surface area contributed by atoms with Gasteiger partial charge in [0.25, 0.3) is 0 Å². The molecule has 0 amide bonds. The Labute approximate surface area is 107 Å². The Morgan fingerprint density at radius 3 is 2.67 bits per heavy atom. The highest BCUT2D eigenvalue weighted by Gasteiger charge is 2.08. The lowest BCUT2D eigenvalue weighted by atomic mass is 10.2. The number of hydrogen-bond acceptors (Lipinski definition) is 3. The summed E-state index contributed by atoms with van der Waals surface area (Å²) in [4.78, 5) is 0. The second kappa shape index (κ2) is 5.12. The topological polar surface area (TPSA) is 65.1 Å². The molecule has 0 saturated carbocycles. The van der Waals surface area contributed by atoms with Crippen molar-refractivity contribution < 1.29 is 8.42 Å². The molecule has 2 N–H and O–H groups in total. The molecule has 0 unspecified atom stereocenters. The highest BCUT2D eigenvalue weighted by molar-refractivity contribution is 7.90. The maximum Gasteiger partial charge on any atom is 0.147 e. The van der Waals surface area contributed by atoms with Gasteiger partial charge >= 0.3 is 0 Å². The van der Waals surface area contributed by atoms with Gasteiger partial charge in [-0.3, -0.25) is 0 Å². The third-order valence-electron chi connectivity index (χ3n) is 3.00. The minimum Gasteiger partial charge on any atom is -0.343 e. The summed E-state index contributed by atoms with van der Waals surface area (Å²) in [6, 6.07) is 10.1. The van der Waals surface area contributed by atoms with Crippen LogP contribution in [0.3, 0.4) is 0 Å². The number of benzene rings is 1. The molecule has 0 atom stereocenters. The van der Waals surface area contributed by atoms with Gasteiger partial charge in [-0.15, -0.1) is 0 Å². The summed E-state index contributed by atoms with van der Waals surface area (Å²) >= 11 is 0. The van der Waals surface area contributed by atoms with Gasteiger partial charge in [0.05, 0.1) is 5.75 Å². The fourth-order valence-corrected chi connectivity index (χ4v) is 2.84. The number of fused-ring (bicyclic) bond motifs is 1. The molecule has 0 spiro atoms. The average Bonchev–Trinajstić information content (AvgIpc) is 2.66. The highest BCUT2D eigenvalue weighted by atomic mass is 32.2. The van der Waals surface area contributed by atoms with Crippen molar-refractivity contribution in [1.82, 2.24) is 4.57 Å². The van der Waals surface area contributed by atoms with E-state index in [1.165, 1.54) is 6.26 Å². The highest BCUT2D eigenvalue weighted by Crippen LogP contribution is 2.20. The van der Waals surface area contributed by atoms with E-state index in [0.29, 0.717) is 19.5 Å². The predicted molar refractivity (Wildman–Crippen MR) is 74.2 cm³/mol. The van der Waals surface area contributed by atoms with Crippen LogP contribution in [0.4, 0.5) is 0 Å². The van der Waals surface area contributed by atoms with Crippen LogP contribution in [0.2, 0.25) is 0 Å². The van der Waals surface area contributed by atoms with Crippen LogP contribution in [0.25, 0.3) is 10.9 Å². The van der Waals surface area contributed by atoms with Crippen molar-refractivity contribution in [2.24, 2.45) is 5.73 Å². The molecule has 2 rings (SSSR count). The van der Waals surface area contributed by atoms with Gasteiger partial charge < -0.3 is 10.3 Å². The Morgan fingerprint density at radius 1 is 1.28 bits per heavy atom. The second-order valence-corrected chi connectivity index (χ2v) is 6.79. The van der Waals surface area contributed by atoms with E-state index in [2.05, 4.69) is 10.6 Å². The zero-order valence-corrected chi connectivity index (χ0v) is 11.3. The third kappa shape index (κ3) is 2.91. The molecule has 0 aliphatic rings. The van der Waals surface area contributed by atoms with Crippen LogP contribution >= 0.6 is 0 Å². The van der Waals surface area contributed by atoms with Gasteiger partial charge in [-0.2, -0.15) is 0 Å². The van der Waals surface area contributed by atoms with E-state index in [4.69, 9.17) is 5.73 Å². The zero-order valence-electron chi connectivity index (χ0n) is 10.5. The summed E-state index contributed by atoms with van der Waals surface area (Å²) in [7, 11) is -2.89. The van der Waals surface area contributed by atoms with E-state index in [9.17, 15) is 8.42 Å². The standard InChI is InChI=1S/C13H18N2O2S/c1-18(16,17)8-4-7-15-12(10-14)9-11-5-2-3-6-13(11)15/h2-3,5-6,9H,4,7-8,10,14H2,1H3. The first kappa shape index (κ1) is 13.1. The largest absolute Gasteiger partial charge is 0.343 e. The molecule has 98 valence electrons. The summed E-state index contributed by atoms with van der Waals surface area (Å²) in [5, 5.41) is 1.15. The van der Waals surface area contributed by atoms with Gasteiger partial charge in [-0.1, -0.05) is 18.2 Å². The maximum atomic E-state index is 11.1. The number of para-hydroxylation sites is 1. The van der Waals surface area contributed by atoms with E-state index in [0.717, 1.165) is 16.6 Å². The van der Waals surface area contributed by atoms with Crippen molar-refractivity contribution in [3.05, 3.63) is 36.0 Å². The first-order chi connectivity index (χ1) is 8.51. The molecule has 0 radical (unpaired) electrons. The Hall–Kier alpha value is -1.33. The smallest absolute Gasteiger partial charge is 0.147 e. The molecule has 1 aromatic heterocycles.